The van der Waals surface area contributed by atoms with Crippen molar-refractivity contribution in [1.82, 2.24) is 5.32 Å². The summed E-state index contributed by atoms with van der Waals surface area (Å²) in [6.45, 7) is 4.26. The summed E-state index contributed by atoms with van der Waals surface area (Å²) in [6.07, 6.45) is 4.44. The average Bonchev–Trinajstić information content (AvgIpc) is 2.84. The number of nitrogens with zero attached hydrogens (tertiary/aromatic N) is 1. The number of nitrogens with one attached hydrogen (secondary N) is 1. The Bertz CT molecular complexity index is 495. The molecule has 2 nitrogen and oxygen atoms in total. The highest BCUT2D eigenvalue weighted by molar-refractivity contribution is 9.10. The van der Waals surface area contributed by atoms with Gasteiger partial charge in [0.25, 0.3) is 0 Å². The third-order valence-electron chi connectivity index (χ3n) is 4.12. The fourth-order valence-electron chi connectivity index (χ4n) is 3.20. The van der Waals surface area contributed by atoms with Crippen LogP contribution in [0.15, 0.2) is 33.6 Å². The largest absolute Gasteiger partial charge is 0.297 e. The van der Waals surface area contributed by atoms with Crippen LogP contribution >= 0.6 is 27.7 Å². The van der Waals surface area contributed by atoms with Crippen LogP contribution in [-0.4, -0.2) is 17.3 Å². The zero-order valence-electron chi connectivity index (χ0n) is 12.7. The Balaban J connectivity index is 1.89. The van der Waals surface area contributed by atoms with Crippen LogP contribution in [-0.2, 0) is 0 Å². The fourth-order valence-corrected chi connectivity index (χ4v) is 4.43. The summed E-state index contributed by atoms with van der Waals surface area (Å²) in [5, 5.41) is 13.2. The molecule has 1 fully saturated rings. The third kappa shape index (κ3) is 4.48. The van der Waals surface area contributed by atoms with Gasteiger partial charge in [-0.05, 0) is 69.0 Å². The van der Waals surface area contributed by atoms with Gasteiger partial charge in [0, 0.05) is 15.4 Å². The predicted molar refractivity (Wildman–Crippen MR) is 93.4 cm³/mol. The summed E-state index contributed by atoms with van der Waals surface area (Å²) in [5.74, 6) is 1.56. The van der Waals surface area contributed by atoms with Crippen molar-refractivity contribution in [2.45, 2.75) is 56.0 Å². The molecular weight excluding hydrogens is 344 g/mol. The number of benzene rings is 1. The van der Waals surface area contributed by atoms with Crippen molar-refractivity contribution in [3.63, 3.8) is 0 Å². The van der Waals surface area contributed by atoms with Gasteiger partial charge in [-0.25, -0.2) is 0 Å². The summed E-state index contributed by atoms with van der Waals surface area (Å²) >= 11 is 5.35. The van der Waals surface area contributed by atoms with E-state index >= 15 is 0 Å². The van der Waals surface area contributed by atoms with Crippen LogP contribution in [0.1, 0.15) is 39.5 Å². The van der Waals surface area contributed by atoms with Gasteiger partial charge in [0.2, 0.25) is 0 Å². The van der Waals surface area contributed by atoms with Crippen LogP contribution < -0.4 is 5.32 Å². The van der Waals surface area contributed by atoms with E-state index in [2.05, 4.69) is 65.4 Å². The number of hydrogen-bond donors (Lipinski definition) is 1. The quantitative estimate of drug-likeness (QED) is 0.720. The van der Waals surface area contributed by atoms with E-state index in [9.17, 15) is 5.26 Å². The molecule has 2 rings (SSSR count). The van der Waals surface area contributed by atoms with Crippen LogP contribution in [0.25, 0.3) is 0 Å². The van der Waals surface area contributed by atoms with Crippen molar-refractivity contribution >= 4 is 27.7 Å². The average molecular weight is 367 g/mol. The van der Waals surface area contributed by atoms with Crippen molar-refractivity contribution < 1.29 is 0 Å². The molecule has 1 aliphatic carbocycles. The second-order valence-corrected chi connectivity index (χ2v) is 8.15. The van der Waals surface area contributed by atoms with E-state index in [-0.39, 0.29) is 5.54 Å². The van der Waals surface area contributed by atoms with Gasteiger partial charge in [0.15, 0.2) is 0 Å². The van der Waals surface area contributed by atoms with Gasteiger partial charge in [0.05, 0.1) is 6.07 Å². The molecule has 1 aromatic carbocycles. The van der Waals surface area contributed by atoms with Crippen molar-refractivity contribution in [2.75, 3.05) is 5.75 Å². The smallest absolute Gasteiger partial charge is 0.109 e. The van der Waals surface area contributed by atoms with Crippen LogP contribution in [0.4, 0.5) is 0 Å². The van der Waals surface area contributed by atoms with E-state index < -0.39 is 0 Å². The molecule has 2 atom stereocenters. The Morgan fingerprint density at radius 2 is 2.14 bits per heavy atom. The molecule has 1 aromatic rings. The number of nitriles is 1. The van der Waals surface area contributed by atoms with Crippen LogP contribution in [0.5, 0.6) is 0 Å². The minimum Gasteiger partial charge on any atom is -0.297 e. The lowest BCUT2D eigenvalue weighted by molar-refractivity contribution is 0.289. The fraction of sp³-hybridized carbons (Fsp3) is 0.588. The Morgan fingerprint density at radius 3 is 2.76 bits per heavy atom. The van der Waals surface area contributed by atoms with Crippen LogP contribution in [0.2, 0.25) is 0 Å². The van der Waals surface area contributed by atoms with Gasteiger partial charge in [-0.1, -0.05) is 22.4 Å². The summed E-state index contributed by atoms with van der Waals surface area (Å²) in [7, 11) is 0. The molecular formula is C17H23BrN2S. The number of halogens is 1. The van der Waals surface area contributed by atoms with E-state index in [4.69, 9.17) is 0 Å². The van der Waals surface area contributed by atoms with E-state index in [1.807, 2.05) is 11.8 Å². The van der Waals surface area contributed by atoms with Gasteiger partial charge in [0.1, 0.15) is 5.54 Å². The lowest BCUT2D eigenvalue weighted by Gasteiger charge is -2.32. The summed E-state index contributed by atoms with van der Waals surface area (Å²) in [4.78, 5) is 1.30. The molecule has 1 saturated carbocycles. The molecule has 0 heterocycles. The molecule has 2 unspecified atom stereocenters. The maximum absolute atomic E-state index is 9.66. The first-order chi connectivity index (χ1) is 10.1. The minimum atomic E-state index is -0.297. The Kier molecular flexibility index (Phi) is 6.16. The van der Waals surface area contributed by atoms with Crippen molar-refractivity contribution in [3.8, 4) is 6.07 Å². The number of hydrogen-bond acceptors (Lipinski definition) is 3. The molecule has 0 radical (unpaired) electrons. The normalized spacial score (nSPS) is 25.2. The molecule has 114 valence electrons. The highest BCUT2D eigenvalue weighted by atomic mass is 79.9. The highest BCUT2D eigenvalue weighted by Gasteiger charge is 2.42. The van der Waals surface area contributed by atoms with Crippen molar-refractivity contribution in [1.29, 1.82) is 5.26 Å². The monoisotopic (exact) mass is 366 g/mol. The second-order valence-electron chi connectivity index (χ2n) is 6.06. The summed E-state index contributed by atoms with van der Waals surface area (Å²) < 4.78 is 1.12. The van der Waals surface area contributed by atoms with Crippen molar-refractivity contribution in [2.24, 2.45) is 5.92 Å². The number of rotatable bonds is 6. The lowest BCUT2D eigenvalue weighted by atomic mass is 9.86. The maximum atomic E-state index is 9.66. The van der Waals surface area contributed by atoms with Crippen LogP contribution in [0.3, 0.4) is 0 Å². The minimum absolute atomic E-state index is 0.297. The van der Waals surface area contributed by atoms with Gasteiger partial charge in [-0.3, -0.25) is 5.32 Å². The van der Waals surface area contributed by atoms with Crippen LogP contribution in [0, 0.1) is 17.2 Å². The Morgan fingerprint density at radius 1 is 1.43 bits per heavy atom. The molecule has 1 N–H and O–H groups in total. The molecule has 4 heteroatoms. The Hall–Kier alpha value is -0.500. The van der Waals surface area contributed by atoms with Gasteiger partial charge in [-0.15, -0.1) is 11.8 Å². The SMILES string of the molecule is CC(C)NC1(C#N)CCCC1CCSc1ccc(Br)cc1. The van der Waals surface area contributed by atoms with E-state index in [0.717, 1.165) is 23.1 Å². The molecule has 0 spiro atoms. The number of thioether (sulfide) groups is 1. The summed E-state index contributed by atoms with van der Waals surface area (Å²) in [5.41, 5.74) is -0.297. The van der Waals surface area contributed by atoms with Gasteiger partial charge in [-0.2, -0.15) is 5.26 Å². The second kappa shape index (κ2) is 7.67. The van der Waals surface area contributed by atoms with E-state index in [1.54, 1.807) is 0 Å². The Labute approximate surface area is 140 Å². The molecule has 1 aliphatic rings. The zero-order valence-corrected chi connectivity index (χ0v) is 15.1. The lowest BCUT2D eigenvalue weighted by Crippen LogP contribution is -2.50. The first-order valence-electron chi connectivity index (χ1n) is 7.63. The first-order valence-corrected chi connectivity index (χ1v) is 9.41. The van der Waals surface area contributed by atoms with Gasteiger partial charge >= 0.3 is 0 Å². The molecule has 0 bridgehead atoms. The van der Waals surface area contributed by atoms with Gasteiger partial charge < -0.3 is 0 Å². The molecule has 0 aromatic heterocycles. The van der Waals surface area contributed by atoms with E-state index in [0.29, 0.717) is 12.0 Å². The standard InChI is InChI=1S/C17H23BrN2S/c1-13(2)20-17(12-19)10-3-4-14(17)9-11-21-16-7-5-15(18)6-8-16/h5-8,13-14,20H,3-4,9-11H2,1-2H3. The van der Waals surface area contributed by atoms with Crippen molar-refractivity contribution in [3.05, 3.63) is 28.7 Å². The molecule has 0 saturated heterocycles. The topological polar surface area (TPSA) is 35.8 Å². The van der Waals surface area contributed by atoms with E-state index in [1.165, 1.54) is 17.7 Å². The first kappa shape index (κ1) is 16.9. The summed E-state index contributed by atoms with van der Waals surface area (Å²) in [6, 6.07) is 11.4. The predicted octanol–water partition coefficient (Wildman–Crippen LogP) is 4.99. The maximum Gasteiger partial charge on any atom is 0.109 e. The third-order valence-corrected chi connectivity index (χ3v) is 5.69. The molecule has 21 heavy (non-hydrogen) atoms. The molecule has 0 amide bonds. The molecule has 0 aliphatic heterocycles. The zero-order chi connectivity index (χ0) is 15.3. The highest BCUT2D eigenvalue weighted by Crippen LogP contribution is 2.39.